The van der Waals surface area contributed by atoms with Crippen LogP contribution in [0.4, 0.5) is 11.4 Å². The van der Waals surface area contributed by atoms with E-state index in [9.17, 15) is 4.79 Å². The smallest absolute Gasteiger partial charge is 0.255 e. The van der Waals surface area contributed by atoms with Crippen molar-refractivity contribution in [3.63, 3.8) is 0 Å². The number of nitrogens with one attached hydrogen (secondary N) is 1. The van der Waals surface area contributed by atoms with Gasteiger partial charge < -0.3 is 11.1 Å². The Balaban J connectivity index is 2.18. The van der Waals surface area contributed by atoms with Gasteiger partial charge in [-0.05, 0) is 55.0 Å². The van der Waals surface area contributed by atoms with Crippen LogP contribution in [0.3, 0.4) is 0 Å². The summed E-state index contributed by atoms with van der Waals surface area (Å²) in [5.41, 5.74) is 8.90. The number of carbonyl (C=O) groups excluding carboxylic acids is 1. The van der Waals surface area contributed by atoms with Crippen molar-refractivity contribution in [2.75, 3.05) is 11.1 Å². The van der Waals surface area contributed by atoms with Crippen molar-refractivity contribution in [3.05, 3.63) is 59.2 Å². The van der Waals surface area contributed by atoms with E-state index >= 15 is 0 Å². The number of hydrogen-bond donors (Lipinski definition) is 2. The molecule has 2 aromatic carbocycles. The van der Waals surface area contributed by atoms with Crippen molar-refractivity contribution in [2.45, 2.75) is 6.92 Å². The van der Waals surface area contributed by atoms with E-state index < -0.39 is 0 Å². The van der Waals surface area contributed by atoms with Gasteiger partial charge in [-0.3, -0.25) is 4.79 Å². The maximum Gasteiger partial charge on any atom is 0.255 e. The molecule has 0 spiro atoms. The average Bonchev–Trinajstić information content (AvgIpc) is 2.39. The summed E-state index contributed by atoms with van der Waals surface area (Å²) in [6.07, 6.45) is 0. The Morgan fingerprint density at radius 3 is 2.47 bits per heavy atom. The molecule has 94 valence electrons. The molecular formula is C15H13N3O. The van der Waals surface area contributed by atoms with Crippen LogP contribution < -0.4 is 11.1 Å². The highest BCUT2D eigenvalue weighted by atomic mass is 16.1. The molecule has 0 unspecified atom stereocenters. The molecule has 4 nitrogen and oxygen atoms in total. The summed E-state index contributed by atoms with van der Waals surface area (Å²) in [4.78, 5) is 12.1. The number of nitrogens with zero attached hydrogens (tertiary/aromatic N) is 1. The zero-order valence-electron chi connectivity index (χ0n) is 10.5. The molecule has 2 rings (SSSR count). The van der Waals surface area contributed by atoms with Gasteiger partial charge in [0.2, 0.25) is 0 Å². The molecule has 0 aliphatic carbocycles. The number of amides is 1. The normalized spacial score (nSPS) is 9.68. The number of carbonyl (C=O) groups is 1. The van der Waals surface area contributed by atoms with Gasteiger partial charge in [-0.1, -0.05) is 0 Å². The van der Waals surface area contributed by atoms with Crippen molar-refractivity contribution < 1.29 is 4.79 Å². The minimum atomic E-state index is -0.192. The van der Waals surface area contributed by atoms with Gasteiger partial charge in [0.25, 0.3) is 5.91 Å². The van der Waals surface area contributed by atoms with Crippen LogP contribution in [-0.4, -0.2) is 5.91 Å². The molecule has 0 saturated carbocycles. The summed E-state index contributed by atoms with van der Waals surface area (Å²) >= 11 is 0. The largest absolute Gasteiger partial charge is 0.399 e. The van der Waals surface area contributed by atoms with Crippen molar-refractivity contribution in [1.29, 1.82) is 5.26 Å². The van der Waals surface area contributed by atoms with Crippen LogP contribution in [0.2, 0.25) is 0 Å². The van der Waals surface area contributed by atoms with Gasteiger partial charge in [0, 0.05) is 16.9 Å². The Bertz CT molecular complexity index is 654. The highest BCUT2D eigenvalue weighted by molar-refractivity contribution is 6.05. The minimum Gasteiger partial charge on any atom is -0.399 e. The number of aryl methyl sites for hydroxylation is 1. The van der Waals surface area contributed by atoms with Gasteiger partial charge in [0.15, 0.2) is 0 Å². The maximum atomic E-state index is 12.1. The van der Waals surface area contributed by atoms with E-state index in [1.807, 2.05) is 13.0 Å². The van der Waals surface area contributed by atoms with Crippen LogP contribution in [0.15, 0.2) is 42.5 Å². The van der Waals surface area contributed by atoms with E-state index in [4.69, 9.17) is 11.0 Å². The fourth-order valence-corrected chi connectivity index (χ4v) is 1.77. The van der Waals surface area contributed by atoms with Crippen molar-refractivity contribution in [3.8, 4) is 6.07 Å². The number of rotatable bonds is 2. The van der Waals surface area contributed by atoms with Gasteiger partial charge in [0.1, 0.15) is 0 Å². The monoisotopic (exact) mass is 251 g/mol. The van der Waals surface area contributed by atoms with Crippen LogP contribution in [0.1, 0.15) is 21.5 Å². The maximum absolute atomic E-state index is 12.1. The van der Waals surface area contributed by atoms with Crippen molar-refractivity contribution in [2.24, 2.45) is 0 Å². The lowest BCUT2D eigenvalue weighted by Crippen LogP contribution is -2.13. The summed E-state index contributed by atoms with van der Waals surface area (Å²) in [5.74, 6) is -0.192. The Labute approximate surface area is 111 Å². The van der Waals surface area contributed by atoms with Gasteiger partial charge in [0.05, 0.1) is 11.6 Å². The third-order valence-corrected chi connectivity index (χ3v) is 2.77. The molecule has 3 N–H and O–H groups in total. The number of nitriles is 1. The lowest BCUT2D eigenvalue weighted by molar-refractivity contribution is 0.102. The summed E-state index contributed by atoms with van der Waals surface area (Å²) in [7, 11) is 0. The van der Waals surface area contributed by atoms with Gasteiger partial charge in [-0.25, -0.2) is 0 Å². The number of hydrogen-bond acceptors (Lipinski definition) is 3. The summed E-state index contributed by atoms with van der Waals surface area (Å²) in [6.45, 7) is 1.84. The molecule has 0 aromatic heterocycles. The third-order valence-electron chi connectivity index (χ3n) is 2.77. The molecule has 0 bridgehead atoms. The number of nitrogen functional groups attached to an aromatic ring is 1. The molecular weight excluding hydrogens is 238 g/mol. The Morgan fingerprint density at radius 2 is 1.89 bits per heavy atom. The Kier molecular flexibility index (Phi) is 3.48. The standard InChI is InChI=1S/C15H13N3O/c1-10-8-12(17)4-7-14(10)15(19)18-13-5-2-11(9-16)3-6-13/h2-8H,17H2,1H3,(H,18,19). The fourth-order valence-electron chi connectivity index (χ4n) is 1.77. The topological polar surface area (TPSA) is 78.9 Å². The van der Waals surface area contributed by atoms with Gasteiger partial charge >= 0.3 is 0 Å². The number of nitrogens with two attached hydrogens (primary N) is 1. The first-order chi connectivity index (χ1) is 9.10. The van der Waals surface area contributed by atoms with E-state index in [1.54, 1.807) is 42.5 Å². The molecule has 0 aliphatic rings. The first-order valence-electron chi connectivity index (χ1n) is 5.78. The van der Waals surface area contributed by atoms with E-state index in [1.165, 1.54) is 0 Å². The molecule has 0 radical (unpaired) electrons. The molecule has 0 fully saturated rings. The fraction of sp³-hybridized carbons (Fsp3) is 0.0667. The average molecular weight is 251 g/mol. The van der Waals surface area contributed by atoms with Crippen molar-refractivity contribution >= 4 is 17.3 Å². The number of benzene rings is 2. The Morgan fingerprint density at radius 1 is 1.21 bits per heavy atom. The second-order valence-electron chi connectivity index (χ2n) is 4.22. The first-order valence-corrected chi connectivity index (χ1v) is 5.78. The highest BCUT2D eigenvalue weighted by Gasteiger charge is 2.09. The lowest BCUT2D eigenvalue weighted by atomic mass is 10.1. The molecule has 2 aromatic rings. The van der Waals surface area contributed by atoms with Crippen molar-refractivity contribution in [1.82, 2.24) is 0 Å². The van der Waals surface area contributed by atoms with Gasteiger partial charge in [-0.15, -0.1) is 0 Å². The minimum absolute atomic E-state index is 0.192. The summed E-state index contributed by atoms with van der Waals surface area (Å²) in [5, 5.41) is 11.5. The van der Waals surface area contributed by atoms with Crippen LogP contribution in [0.5, 0.6) is 0 Å². The molecule has 0 heterocycles. The molecule has 19 heavy (non-hydrogen) atoms. The predicted octanol–water partition coefficient (Wildman–Crippen LogP) is 2.70. The lowest BCUT2D eigenvalue weighted by Gasteiger charge is -2.08. The SMILES string of the molecule is Cc1cc(N)ccc1C(=O)Nc1ccc(C#N)cc1. The van der Waals surface area contributed by atoms with Crippen LogP contribution in [-0.2, 0) is 0 Å². The second kappa shape index (κ2) is 5.23. The van der Waals surface area contributed by atoms with E-state index in [2.05, 4.69) is 5.32 Å². The van der Waals surface area contributed by atoms with Crippen LogP contribution in [0.25, 0.3) is 0 Å². The molecule has 0 atom stereocenters. The molecule has 4 heteroatoms. The predicted molar refractivity (Wildman–Crippen MR) is 74.7 cm³/mol. The van der Waals surface area contributed by atoms with E-state index in [0.29, 0.717) is 22.5 Å². The summed E-state index contributed by atoms with van der Waals surface area (Å²) in [6, 6.07) is 13.9. The molecule has 0 aliphatic heterocycles. The van der Waals surface area contributed by atoms with Crippen LogP contribution in [0, 0.1) is 18.3 Å². The van der Waals surface area contributed by atoms with Gasteiger partial charge in [-0.2, -0.15) is 5.26 Å². The highest BCUT2D eigenvalue weighted by Crippen LogP contribution is 2.15. The number of anilines is 2. The van der Waals surface area contributed by atoms with E-state index in [0.717, 1.165) is 5.56 Å². The van der Waals surface area contributed by atoms with Crippen LogP contribution >= 0.6 is 0 Å². The van der Waals surface area contributed by atoms with E-state index in [-0.39, 0.29) is 5.91 Å². The zero-order valence-corrected chi connectivity index (χ0v) is 10.5. The molecule has 0 saturated heterocycles. The quantitative estimate of drug-likeness (QED) is 0.805. The molecule has 1 amide bonds. The first kappa shape index (κ1) is 12.7. The third kappa shape index (κ3) is 2.90. The summed E-state index contributed by atoms with van der Waals surface area (Å²) < 4.78 is 0. The second-order valence-corrected chi connectivity index (χ2v) is 4.22. The zero-order chi connectivity index (χ0) is 13.8. The Hall–Kier alpha value is -2.80.